The Morgan fingerprint density at radius 3 is 2.38 bits per heavy atom. The Kier molecular flexibility index (Phi) is 9.03. The highest BCUT2D eigenvalue weighted by Gasteiger charge is 2.17. The molecule has 0 fully saturated rings. The average molecular weight is 589 g/mol. The molecule has 1 heterocycles. The number of sulfonamides is 1. The van der Waals surface area contributed by atoms with Gasteiger partial charge in [-0.15, -0.1) is 0 Å². The molecule has 0 saturated carbocycles. The van der Waals surface area contributed by atoms with Gasteiger partial charge in [0, 0.05) is 36.0 Å². The van der Waals surface area contributed by atoms with Crippen LogP contribution in [0, 0.1) is 0 Å². The Balaban J connectivity index is 1.41. The summed E-state index contributed by atoms with van der Waals surface area (Å²) in [5, 5.41) is 2.92. The third-order valence-electron chi connectivity index (χ3n) is 6.07. The number of hydrogen-bond acceptors (Lipinski definition) is 7. The van der Waals surface area contributed by atoms with Gasteiger partial charge < -0.3 is 15.6 Å². The Labute approximate surface area is 233 Å². The molecule has 2 amide bonds. The molecular formula is C26H27ClN5O5S2-. The zero-order valence-electron chi connectivity index (χ0n) is 21.0. The molecule has 0 saturated heterocycles. The maximum atomic E-state index is 12.4. The van der Waals surface area contributed by atoms with E-state index in [1.54, 1.807) is 24.3 Å². The van der Waals surface area contributed by atoms with Crippen molar-refractivity contribution < 1.29 is 22.0 Å². The van der Waals surface area contributed by atoms with Crippen LogP contribution < -0.4 is 15.8 Å². The van der Waals surface area contributed by atoms with E-state index in [1.165, 1.54) is 12.1 Å². The quantitative estimate of drug-likeness (QED) is 0.240. The smallest absolute Gasteiger partial charge is 0.328 e. The van der Waals surface area contributed by atoms with Crippen LogP contribution >= 0.6 is 11.6 Å². The Morgan fingerprint density at radius 2 is 1.77 bits per heavy atom. The van der Waals surface area contributed by atoms with Crippen LogP contribution in [0.1, 0.15) is 29.4 Å². The maximum absolute atomic E-state index is 12.4. The highest BCUT2D eigenvalue weighted by Crippen LogP contribution is 2.28. The fraction of sp³-hybridized carbons (Fsp3) is 0.231. The van der Waals surface area contributed by atoms with Crippen LogP contribution in [0.15, 0.2) is 65.6 Å². The first-order valence-corrected chi connectivity index (χ1v) is 15.2. The summed E-state index contributed by atoms with van der Waals surface area (Å²) in [6, 6.07) is 16.2. The molecule has 10 nitrogen and oxygen atoms in total. The van der Waals surface area contributed by atoms with E-state index < -0.39 is 27.1 Å². The van der Waals surface area contributed by atoms with Crippen molar-refractivity contribution in [2.75, 3.05) is 6.54 Å². The lowest BCUT2D eigenvalue weighted by molar-refractivity contribution is 0.246. The second-order valence-electron chi connectivity index (χ2n) is 8.72. The maximum Gasteiger partial charge on any atom is 0.328 e. The minimum absolute atomic E-state index is 0.0261. The van der Waals surface area contributed by atoms with Crippen molar-refractivity contribution in [3.05, 3.63) is 88.2 Å². The van der Waals surface area contributed by atoms with Crippen LogP contribution in [0.3, 0.4) is 0 Å². The number of carbonyl (C=O) groups excluding carboxylic acids is 1. The molecule has 3 aromatic carbocycles. The van der Waals surface area contributed by atoms with Crippen LogP contribution in [0.2, 0.25) is 5.02 Å². The van der Waals surface area contributed by atoms with Gasteiger partial charge in [-0.25, -0.2) is 22.9 Å². The summed E-state index contributed by atoms with van der Waals surface area (Å²) < 4.78 is 51.1. The molecule has 1 aromatic heterocycles. The third-order valence-corrected chi connectivity index (χ3v) is 8.32. The summed E-state index contributed by atoms with van der Waals surface area (Å²) in [7, 11) is -4.00. The second-order valence-corrected chi connectivity index (χ2v) is 11.7. The van der Waals surface area contributed by atoms with Crippen LogP contribution in [0.4, 0.5) is 4.79 Å². The van der Waals surface area contributed by atoms with Crippen molar-refractivity contribution in [2.24, 2.45) is 5.73 Å². The molecule has 1 atom stereocenters. The summed E-state index contributed by atoms with van der Waals surface area (Å²) in [5.41, 5.74) is 10.0. The molecule has 13 heteroatoms. The zero-order valence-corrected chi connectivity index (χ0v) is 23.4. The number of nitrogens with two attached hydrogens (primary N) is 1. The van der Waals surface area contributed by atoms with Crippen molar-refractivity contribution in [2.45, 2.75) is 37.0 Å². The molecule has 4 aromatic rings. The van der Waals surface area contributed by atoms with Gasteiger partial charge in [0.25, 0.3) is 10.0 Å². The molecule has 0 aliphatic rings. The molecule has 0 radical (unpaired) electrons. The minimum Gasteiger partial charge on any atom is -0.772 e. The monoisotopic (exact) mass is 588 g/mol. The predicted octanol–water partition coefficient (Wildman–Crippen LogP) is 3.31. The highest BCUT2D eigenvalue weighted by atomic mass is 35.5. The molecule has 4 rings (SSSR count). The number of carbonyl (C=O) groups is 1. The molecule has 4 N–H and O–H groups in total. The molecule has 0 aliphatic carbocycles. The summed E-state index contributed by atoms with van der Waals surface area (Å²) in [4.78, 5) is 16.8. The van der Waals surface area contributed by atoms with Crippen LogP contribution in [0.5, 0.6) is 0 Å². The summed E-state index contributed by atoms with van der Waals surface area (Å²) in [5.74, 6) is 0.615. The van der Waals surface area contributed by atoms with E-state index in [-0.39, 0.29) is 23.7 Å². The SMILES string of the molecule is CCc1nc2cc(CS(=O)[O-])c(Cl)cc2n1-c1ccc(CCNC(=O)NS(=O)(=O)c2ccc(CN)cc2)cc1. The Bertz CT molecular complexity index is 1620. The lowest BCUT2D eigenvalue weighted by atomic mass is 10.1. The second kappa shape index (κ2) is 12.3. The van der Waals surface area contributed by atoms with Crippen molar-refractivity contribution in [3.63, 3.8) is 0 Å². The molecule has 206 valence electrons. The summed E-state index contributed by atoms with van der Waals surface area (Å²) in [6.07, 6.45) is 1.13. The first kappa shape index (κ1) is 28.7. The largest absolute Gasteiger partial charge is 0.772 e. The fourth-order valence-corrected chi connectivity index (χ4v) is 5.83. The molecule has 0 bridgehead atoms. The lowest BCUT2D eigenvalue weighted by Crippen LogP contribution is -2.40. The van der Waals surface area contributed by atoms with Gasteiger partial charge >= 0.3 is 6.03 Å². The number of aromatic nitrogens is 2. The number of halogens is 1. The molecule has 0 aliphatic heterocycles. The zero-order chi connectivity index (χ0) is 28.2. The number of fused-ring (bicyclic) bond motifs is 1. The van der Waals surface area contributed by atoms with Gasteiger partial charge in [0.05, 0.1) is 15.9 Å². The Morgan fingerprint density at radius 1 is 1.10 bits per heavy atom. The number of nitrogens with zero attached hydrogens (tertiary/aromatic N) is 2. The van der Waals surface area contributed by atoms with Gasteiger partial charge in [-0.1, -0.05) is 53.9 Å². The van der Waals surface area contributed by atoms with E-state index in [0.29, 0.717) is 28.9 Å². The van der Waals surface area contributed by atoms with Gasteiger partial charge in [0.1, 0.15) is 5.82 Å². The number of nitrogens with one attached hydrogen (secondary N) is 2. The van der Waals surface area contributed by atoms with Crippen LogP contribution in [0.25, 0.3) is 16.7 Å². The van der Waals surface area contributed by atoms with E-state index in [4.69, 9.17) is 17.3 Å². The molecule has 0 spiro atoms. The number of urea groups is 1. The normalized spacial score (nSPS) is 12.4. The first-order chi connectivity index (χ1) is 18.6. The summed E-state index contributed by atoms with van der Waals surface area (Å²) >= 11 is 4.10. The highest BCUT2D eigenvalue weighted by molar-refractivity contribution is 7.90. The minimum atomic E-state index is -4.00. The number of hydrogen-bond donors (Lipinski definition) is 3. The van der Waals surface area contributed by atoms with Crippen molar-refractivity contribution >= 4 is 49.8 Å². The fourth-order valence-electron chi connectivity index (χ4n) is 4.11. The van der Waals surface area contributed by atoms with Gasteiger partial charge in [-0.3, -0.25) is 8.78 Å². The third kappa shape index (κ3) is 6.84. The van der Waals surface area contributed by atoms with Gasteiger partial charge in [-0.2, -0.15) is 0 Å². The number of benzene rings is 3. The predicted molar refractivity (Wildman–Crippen MR) is 150 cm³/mol. The van der Waals surface area contributed by atoms with Gasteiger partial charge in [-0.05, 0) is 59.5 Å². The number of amides is 2. The summed E-state index contributed by atoms with van der Waals surface area (Å²) in [6.45, 7) is 2.49. The number of aryl methyl sites for hydroxylation is 1. The van der Waals surface area contributed by atoms with E-state index in [0.717, 1.165) is 28.2 Å². The van der Waals surface area contributed by atoms with Crippen LogP contribution in [-0.2, 0) is 46.2 Å². The number of imidazole rings is 1. The van der Waals surface area contributed by atoms with Crippen molar-refractivity contribution in [1.82, 2.24) is 19.6 Å². The lowest BCUT2D eigenvalue weighted by Gasteiger charge is -2.12. The molecular weight excluding hydrogens is 562 g/mol. The molecule has 39 heavy (non-hydrogen) atoms. The van der Waals surface area contributed by atoms with Gasteiger partial charge in [0.2, 0.25) is 0 Å². The Hall–Kier alpha value is -3.29. The topological polar surface area (TPSA) is 159 Å². The van der Waals surface area contributed by atoms with Crippen molar-refractivity contribution in [3.8, 4) is 5.69 Å². The van der Waals surface area contributed by atoms with Crippen molar-refractivity contribution in [1.29, 1.82) is 0 Å². The van der Waals surface area contributed by atoms with E-state index in [1.807, 2.05) is 40.5 Å². The number of rotatable bonds is 10. The first-order valence-electron chi connectivity index (χ1n) is 12.1. The van der Waals surface area contributed by atoms with Crippen LogP contribution in [-0.4, -0.2) is 39.3 Å². The standard InChI is InChI=1S/C26H28ClN5O5S2/c1-2-25-30-23-13-19(16-38(34)35)22(27)14-24(23)32(25)20-7-3-17(4-8-20)11-12-29-26(33)31-39(36,37)21-9-5-18(15-28)6-10-21/h3-10,13-14H,2,11-12,15-16,28H2,1H3,(H,34,35)(H2,29,31,33)/p-1. The average Bonchev–Trinajstić information content (AvgIpc) is 3.26. The van der Waals surface area contributed by atoms with Gasteiger partial charge in [0.15, 0.2) is 0 Å². The van der Waals surface area contributed by atoms with E-state index in [2.05, 4.69) is 10.3 Å². The van der Waals surface area contributed by atoms with E-state index in [9.17, 15) is 22.0 Å². The van der Waals surface area contributed by atoms with E-state index >= 15 is 0 Å². The molecule has 1 unspecified atom stereocenters.